The number of rotatable bonds is 1. The Bertz CT molecular complexity index is 820. The first-order chi connectivity index (χ1) is 11.1. The highest BCUT2D eigenvalue weighted by atomic mass is 32.2. The van der Waals surface area contributed by atoms with Crippen LogP contribution in [0.2, 0.25) is 0 Å². The Morgan fingerprint density at radius 3 is 2.43 bits per heavy atom. The molecule has 1 aromatic rings. The zero-order valence-electron chi connectivity index (χ0n) is 13.0. The molecule has 2 unspecified atom stereocenters. The number of amidine groups is 1. The van der Waals surface area contributed by atoms with Crippen LogP contribution in [0.1, 0.15) is 44.1 Å². The average molecular weight is 328 g/mol. The lowest BCUT2D eigenvalue weighted by molar-refractivity contribution is 0.275. The number of piperidine rings is 1. The predicted octanol–water partition coefficient (Wildman–Crippen LogP) is 3.10. The summed E-state index contributed by atoms with van der Waals surface area (Å²) in [5, 5.41) is 0. The Hall–Kier alpha value is -1.62. The lowest BCUT2D eigenvalue weighted by Gasteiger charge is -2.37. The topological polar surface area (TPSA) is 49.7 Å². The van der Waals surface area contributed by atoms with E-state index in [1.54, 1.807) is 17.7 Å². The molecule has 3 aliphatic heterocycles. The van der Waals surface area contributed by atoms with Crippen LogP contribution in [0.15, 0.2) is 45.2 Å². The molecule has 0 aromatic heterocycles. The number of nitrogens with zero attached hydrogens (tertiary/aromatic N) is 2. The van der Waals surface area contributed by atoms with Crippen LogP contribution in [0.5, 0.6) is 0 Å². The quantitative estimate of drug-likeness (QED) is 0.744. The van der Waals surface area contributed by atoms with Gasteiger partial charge in [-0.15, -0.1) is 4.40 Å². The summed E-state index contributed by atoms with van der Waals surface area (Å²) < 4.78 is 28.8. The van der Waals surface area contributed by atoms with Crippen LogP contribution in [0.4, 0.5) is 0 Å². The highest BCUT2D eigenvalue weighted by Gasteiger charge is 2.44. The first kappa shape index (κ1) is 13.8. The van der Waals surface area contributed by atoms with E-state index in [4.69, 9.17) is 0 Å². The maximum atomic E-state index is 12.3. The Kier molecular flexibility index (Phi) is 2.81. The van der Waals surface area contributed by atoms with E-state index in [0.717, 1.165) is 37.2 Å². The van der Waals surface area contributed by atoms with Crippen molar-refractivity contribution < 1.29 is 8.42 Å². The summed E-state index contributed by atoms with van der Waals surface area (Å²) in [4.78, 5) is 2.68. The molecule has 120 valence electrons. The van der Waals surface area contributed by atoms with E-state index in [0.29, 0.717) is 22.8 Å². The summed E-state index contributed by atoms with van der Waals surface area (Å²) in [5.74, 6) is 1.51. The Morgan fingerprint density at radius 2 is 1.74 bits per heavy atom. The number of benzene rings is 1. The molecule has 2 atom stereocenters. The molecule has 3 heterocycles. The maximum absolute atomic E-state index is 12.3. The van der Waals surface area contributed by atoms with Crippen molar-refractivity contribution in [1.82, 2.24) is 4.90 Å². The van der Waals surface area contributed by atoms with Gasteiger partial charge in [0.2, 0.25) is 0 Å². The fraction of sp³-hybridized carbons (Fsp3) is 0.500. The van der Waals surface area contributed by atoms with Gasteiger partial charge >= 0.3 is 0 Å². The second-order valence-electron chi connectivity index (χ2n) is 7.25. The molecule has 2 bridgehead atoms. The van der Waals surface area contributed by atoms with Crippen molar-refractivity contribution in [2.45, 2.75) is 55.5 Å². The summed E-state index contributed by atoms with van der Waals surface area (Å²) in [5.41, 5.74) is 2.38. The molecule has 3 fully saturated rings. The molecule has 23 heavy (non-hydrogen) atoms. The normalized spacial score (nSPS) is 31.0. The smallest absolute Gasteiger partial charge is 0.285 e. The minimum absolute atomic E-state index is 0.369. The zero-order valence-corrected chi connectivity index (χ0v) is 13.8. The molecule has 0 amide bonds. The van der Waals surface area contributed by atoms with Crippen molar-refractivity contribution in [3.05, 3.63) is 41.5 Å². The highest BCUT2D eigenvalue weighted by Crippen LogP contribution is 2.43. The minimum Gasteiger partial charge on any atom is -0.349 e. The second kappa shape index (κ2) is 4.69. The van der Waals surface area contributed by atoms with Gasteiger partial charge in [-0.3, -0.25) is 0 Å². The summed E-state index contributed by atoms with van der Waals surface area (Å²) in [6.45, 7) is 0. The van der Waals surface area contributed by atoms with E-state index < -0.39 is 10.0 Å². The van der Waals surface area contributed by atoms with E-state index in [1.165, 1.54) is 12.8 Å². The van der Waals surface area contributed by atoms with Crippen molar-refractivity contribution in [1.29, 1.82) is 0 Å². The van der Waals surface area contributed by atoms with Crippen LogP contribution < -0.4 is 0 Å². The largest absolute Gasteiger partial charge is 0.349 e. The van der Waals surface area contributed by atoms with Crippen molar-refractivity contribution in [3.63, 3.8) is 0 Å². The van der Waals surface area contributed by atoms with Crippen LogP contribution in [-0.4, -0.2) is 31.2 Å². The molecule has 5 heteroatoms. The maximum Gasteiger partial charge on any atom is 0.285 e. The van der Waals surface area contributed by atoms with Gasteiger partial charge in [-0.25, -0.2) is 0 Å². The average Bonchev–Trinajstić information content (AvgIpc) is 3.25. The van der Waals surface area contributed by atoms with Gasteiger partial charge in [0.1, 0.15) is 4.90 Å². The van der Waals surface area contributed by atoms with Crippen LogP contribution in [0, 0.1) is 5.92 Å². The van der Waals surface area contributed by atoms with E-state index >= 15 is 0 Å². The van der Waals surface area contributed by atoms with E-state index in [-0.39, 0.29) is 0 Å². The standard InChI is InChI=1S/C18H20N2O2S/c21-23(22)17-4-2-1-3-16(17)18(19-23)20-14-7-8-15(20)11-13(10-14)9-12-5-6-12/h1-4,9,12,14-15H,5-8,10-11H2. The van der Waals surface area contributed by atoms with Gasteiger partial charge in [0.05, 0.1) is 0 Å². The molecule has 2 saturated heterocycles. The van der Waals surface area contributed by atoms with E-state index in [9.17, 15) is 8.42 Å². The molecule has 1 aliphatic carbocycles. The molecule has 4 nitrogen and oxygen atoms in total. The number of hydrogen-bond donors (Lipinski definition) is 0. The van der Waals surface area contributed by atoms with Crippen molar-refractivity contribution >= 4 is 15.9 Å². The van der Waals surface area contributed by atoms with Crippen molar-refractivity contribution in [2.75, 3.05) is 0 Å². The van der Waals surface area contributed by atoms with Gasteiger partial charge in [-0.05, 0) is 56.6 Å². The first-order valence-electron chi connectivity index (χ1n) is 8.54. The van der Waals surface area contributed by atoms with Crippen LogP contribution in [-0.2, 0) is 10.0 Å². The minimum atomic E-state index is -3.51. The second-order valence-corrected chi connectivity index (χ2v) is 8.82. The number of hydrogen-bond acceptors (Lipinski definition) is 3. The highest BCUT2D eigenvalue weighted by molar-refractivity contribution is 7.90. The lowest BCUT2D eigenvalue weighted by atomic mass is 9.94. The number of allylic oxidation sites excluding steroid dienone is 1. The summed E-state index contributed by atoms with van der Waals surface area (Å²) in [6.07, 6.45) is 9.63. The van der Waals surface area contributed by atoms with E-state index in [2.05, 4.69) is 15.4 Å². The van der Waals surface area contributed by atoms with Gasteiger partial charge in [-0.2, -0.15) is 8.42 Å². The molecular weight excluding hydrogens is 308 g/mol. The Morgan fingerprint density at radius 1 is 1.04 bits per heavy atom. The molecule has 0 radical (unpaired) electrons. The van der Waals surface area contributed by atoms with Gasteiger partial charge in [0.25, 0.3) is 10.0 Å². The van der Waals surface area contributed by atoms with Gasteiger partial charge in [0.15, 0.2) is 5.84 Å². The molecule has 4 aliphatic rings. The van der Waals surface area contributed by atoms with Crippen molar-refractivity contribution in [3.8, 4) is 0 Å². The summed E-state index contributed by atoms with van der Waals surface area (Å²) >= 11 is 0. The number of fused-ring (bicyclic) bond motifs is 3. The number of sulfonamides is 1. The van der Waals surface area contributed by atoms with Crippen LogP contribution in [0.25, 0.3) is 0 Å². The first-order valence-corrected chi connectivity index (χ1v) is 9.98. The third-order valence-corrected chi connectivity index (χ3v) is 6.89. The lowest BCUT2D eigenvalue weighted by Crippen LogP contribution is -2.44. The van der Waals surface area contributed by atoms with Crippen LogP contribution in [0.3, 0.4) is 0 Å². The predicted molar refractivity (Wildman–Crippen MR) is 88.9 cm³/mol. The molecule has 1 aromatic carbocycles. The fourth-order valence-corrected chi connectivity index (χ4v) is 5.61. The van der Waals surface area contributed by atoms with Gasteiger partial charge < -0.3 is 4.90 Å². The Labute approximate surface area is 137 Å². The van der Waals surface area contributed by atoms with Crippen LogP contribution >= 0.6 is 0 Å². The third kappa shape index (κ3) is 2.17. The van der Waals surface area contributed by atoms with Crippen molar-refractivity contribution in [2.24, 2.45) is 10.3 Å². The molecule has 0 N–H and O–H groups in total. The molecule has 0 spiro atoms. The summed E-state index contributed by atoms with van der Waals surface area (Å²) in [6, 6.07) is 8.08. The molecular formula is C18H20N2O2S. The zero-order chi connectivity index (χ0) is 15.6. The molecule has 5 rings (SSSR count). The SMILES string of the molecule is O=S1(=O)N=C(N2C3CCC2CC(=CC2CC2)C3)c2ccccc21. The van der Waals surface area contributed by atoms with Gasteiger partial charge in [-0.1, -0.05) is 23.8 Å². The van der Waals surface area contributed by atoms with E-state index in [1.807, 2.05) is 12.1 Å². The fourth-order valence-electron chi connectivity index (χ4n) is 4.40. The summed E-state index contributed by atoms with van der Waals surface area (Å²) in [7, 11) is -3.51. The monoisotopic (exact) mass is 328 g/mol. The molecule has 1 saturated carbocycles. The Balaban J connectivity index is 1.52. The third-order valence-electron chi connectivity index (χ3n) is 5.57. The van der Waals surface area contributed by atoms with Gasteiger partial charge in [0, 0.05) is 17.6 Å².